The highest BCUT2D eigenvalue weighted by Crippen LogP contribution is 2.48. The van der Waals surface area contributed by atoms with E-state index in [1.165, 1.54) is 0 Å². The lowest BCUT2D eigenvalue weighted by atomic mass is 10.1. The molecule has 20 heavy (non-hydrogen) atoms. The van der Waals surface area contributed by atoms with Crippen LogP contribution in [-0.4, -0.2) is 17.0 Å². The lowest BCUT2D eigenvalue weighted by Crippen LogP contribution is -2.12. The van der Waals surface area contributed by atoms with Crippen LogP contribution in [-0.2, 0) is 11.4 Å². The van der Waals surface area contributed by atoms with Crippen LogP contribution in [0.1, 0.15) is 13.8 Å². The van der Waals surface area contributed by atoms with E-state index in [4.69, 9.17) is 23.2 Å². The van der Waals surface area contributed by atoms with Crippen LogP contribution in [0.2, 0.25) is 10.0 Å². The third-order valence-electron chi connectivity index (χ3n) is 3.12. The molecule has 106 valence electrons. The smallest absolute Gasteiger partial charge is 0.161 e. The Morgan fingerprint density at radius 2 is 2.00 bits per heavy atom. The standard InChI is InChI=1S/C12H12Cl2N4S2/c1-5(2)8-4-19-12(15-8)16-9-6(13)3-7(14)10-11(9)18-20-17-10/h3,5,8H,4H2,1-2H3,(H,15,16)/t8-/m1/s1. The average molecular weight is 347 g/mol. The van der Waals surface area contributed by atoms with Gasteiger partial charge < -0.3 is 5.32 Å². The first kappa shape index (κ1) is 14.4. The molecule has 0 saturated carbocycles. The number of amidine groups is 1. The summed E-state index contributed by atoms with van der Waals surface area (Å²) in [5.74, 6) is 1.52. The molecule has 0 radical (unpaired) electrons. The Morgan fingerprint density at radius 3 is 2.70 bits per heavy atom. The van der Waals surface area contributed by atoms with E-state index in [1.54, 1.807) is 17.8 Å². The van der Waals surface area contributed by atoms with E-state index in [0.29, 0.717) is 33.4 Å². The maximum absolute atomic E-state index is 6.27. The number of halogens is 2. The van der Waals surface area contributed by atoms with Gasteiger partial charge in [0.1, 0.15) is 11.4 Å². The second-order valence-corrected chi connectivity index (χ2v) is 7.21. The van der Waals surface area contributed by atoms with Gasteiger partial charge in [0.25, 0.3) is 0 Å². The normalized spacial score (nSPS) is 20.1. The van der Waals surface area contributed by atoms with Crippen molar-refractivity contribution in [3.63, 3.8) is 0 Å². The van der Waals surface area contributed by atoms with Crippen LogP contribution in [0.15, 0.2) is 19.8 Å². The molecule has 2 heterocycles. The van der Waals surface area contributed by atoms with Gasteiger partial charge in [-0.05, 0) is 12.0 Å². The van der Waals surface area contributed by atoms with Crippen LogP contribution >= 0.6 is 35.0 Å². The molecule has 3 rings (SSSR count). The van der Waals surface area contributed by atoms with Crippen LogP contribution in [0.25, 0.3) is 0 Å². The summed E-state index contributed by atoms with van der Waals surface area (Å²) < 4.78 is 8.46. The van der Waals surface area contributed by atoms with E-state index < -0.39 is 0 Å². The van der Waals surface area contributed by atoms with Gasteiger partial charge in [-0.15, -0.1) is 0 Å². The molecule has 0 saturated heterocycles. The minimum absolute atomic E-state index is 0.345. The monoisotopic (exact) mass is 346 g/mol. The predicted octanol–water partition coefficient (Wildman–Crippen LogP) is 5.26. The third-order valence-corrected chi connectivity index (χ3v) is 5.22. The fourth-order valence-corrected chi connectivity index (χ4v) is 4.23. The molecule has 1 aromatic carbocycles. The Kier molecular flexibility index (Phi) is 4.08. The third kappa shape index (κ3) is 2.62. The number of aliphatic imine (C=N–C) groups is 1. The SMILES string of the molecule is CC(C)[C@H]1CSC(Nc2c(Cl)cc(Cl)c3c2N=S=N3)=N1. The Hall–Kier alpha value is -0.560. The molecule has 0 amide bonds. The molecule has 0 spiro atoms. The molecule has 0 fully saturated rings. The number of nitrogens with zero attached hydrogens (tertiary/aromatic N) is 3. The molecule has 2 aliphatic heterocycles. The lowest BCUT2D eigenvalue weighted by molar-refractivity contribution is 0.543. The fraction of sp³-hybridized carbons (Fsp3) is 0.417. The van der Waals surface area contributed by atoms with Gasteiger partial charge in [0, 0.05) is 5.75 Å². The topological polar surface area (TPSA) is 49.1 Å². The quantitative estimate of drug-likeness (QED) is 0.806. The predicted molar refractivity (Wildman–Crippen MR) is 90.1 cm³/mol. The van der Waals surface area contributed by atoms with E-state index in [2.05, 4.69) is 32.9 Å². The number of rotatable bonds is 2. The Balaban J connectivity index is 1.92. The fourth-order valence-electron chi connectivity index (χ4n) is 1.90. The van der Waals surface area contributed by atoms with Gasteiger partial charge in [0.2, 0.25) is 0 Å². The molecule has 0 aliphatic carbocycles. The summed E-state index contributed by atoms with van der Waals surface area (Å²) in [6, 6.07) is 2.03. The molecule has 1 atom stereocenters. The molecular formula is C12H12Cl2N4S2. The zero-order valence-corrected chi connectivity index (χ0v) is 14.0. The zero-order chi connectivity index (χ0) is 14.3. The summed E-state index contributed by atoms with van der Waals surface area (Å²) in [6.07, 6.45) is 0. The number of benzene rings is 1. The van der Waals surface area contributed by atoms with Crippen molar-refractivity contribution in [2.75, 3.05) is 11.1 Å². The largest absolute Gasteiger partial charge is 0.332 e. The molecule has 0 unspecified atom stereocenters. The van der Waals surface area contributed by atoms with Crippen molar-refractivity contribution < 1.29 is 0 Å². The average Bonchev–Trinajstić information content (AvgIpc) is 3.03. The van der Waals surface area contributed by atoms with Crippen molar-refractivity contribution in [1.82, 2.24) is 0 Å². The minimum atomic E-state index is 0.345. The van der Waals surface area contributed by atoms with Gasteiger partial charge in [-0.2, -0.15) is 8.73 Å². The van der Waals surface area contributed by atoms with Crippen molar-refractivity contribution in [2.24, 2.45) is 19.6 Å². The summed E-state index contributed by atoms with van der Waals surface area (Å²) in [5, 5.41) is 5.21. The van der Waals surface area contributed by atoms with Gasteiger partial charge in [-0.3, -0.25) is 4.99 Å². The number of nitrogens with one attached hydrogen (secondary N) is 1. The van der Waals surface area contributed by atoms with Crippen molar-refractivity contribution in [3.05, 3.63) is 16.1 Å². The van der Waals surface area contributed by atoms with Gasteiger partial charge in [-0.25, -0.2) is 0 Å². The number of thioether (sulfide) groups is 1. The highest BCUT2D eigenvalue weighted by atomic mass is 35.5. The minimum Gasteiger partial charge on any atom is -0.332 e. The van der Waals surface area contributed by atoms with E-state index in [0.717, 1.165) is 28.0 Å². The lowest BCUT2D eigenvalue weighted by Gasteiger charge is -2.11. The summed E-state index contributed by atoms with van der Waals surface area (Å²) in [7, 11) is 0. The molecule has 0 bridgehead atoms. The van der Waals surface area contributed by atoms with Crippen LogP contribution in [0.5, 0.6) is 0 Å². The zero-order valence-electron chi connectivity index (χ0n) is 10.9. The van der Waals surface area contributed by atoms with E-state index in [9.17, 15) is 0 Å². The van der Waals surface area contributed by atoms with Crippen molar-refractivity contribution >= 4 is 68.5 Å². The van der Waals surface area contributed by atoms with Crippen molar-refractivity contribution in [3.8, 4) is 0 Å². The highest BCUT2D eigenvalue weighted by molar-refractivity contribution is 8.14. The molecule has 8 heteroatoms. The first-order valence-corrected chi connectivity index (χ1v) is 8.61. The molecule has 4 nitrogen and oxygen atoms in total. The molecule has 0 aromatic heterocycles. The Bertz CT molecular complexity index is 666. The maximum Gasteiger partial charge on any atom is 0.161 e. The molecule has 1 aromatic rings. The van der Waals surface area contributed by atoms with Gasteiger partial charge in [0.15, 0.2) is 5.17 Å². The molecular weight excluding hydrogens is 335 g/mol. The first-order chi connectivity index (χ1) is 9.56. The number of fused-ring (bicyclic) bond motifs is 1. The molecule has 1 N–H and O–H groups in total. The van der Waals surface area contributed by atoms with Gasteiger partial charge in [0.05, 0.1) is 33.1 Å². The maximum atomic E-state index is 6.27. The van der Waals surface area contributed by atoms with Gasteiger partial charge >= 0.3 is 0 Å². The second-order valence-electron chi connectivity index (χ2n) is 4.86. The first-order valence-electron chi connectivity index (χ1n) is 6.14. The van der Waals surface area contributed by atoms with Gasteiger partial charge in [-0.1, -0.05) is 48.8 Å². The van der Waals surface area contributed by atoms with Crippen LogP contribution < -0.4 is 5.32 Å². The highest BCUT2D eigenvalue weighted by Gasteiger charge is 2.24. The summed E-state index contributed by atoms with van der Waals surface area (Å²) in [5.41, 5.74) is 2.10. The number of hydrogen-bond acceptors (Lipinski definition) is 5. The summed E-state index contributed by atoms with van der Waals surface area (Å²) >= 11 is 15.2. The van der Waals surface area contributed by atoms with Crippen molar-refractivity contribution in [2.45, 2.75) is 19.9 Å². The van der Waals surface area contributed by atoms with E-state index in [1.807, 2.05) is 0 Å². The number of anilines is 1. The van der Waals surface area contributed by atoms with E-state index in [-0.39, 0.29) is 0 Å². The second kappa shape index (κ2) is 5.67. The van der Waals surface area contributed by atoms with Crippen LogP contribution in [0.3, 0.4) is 0 Å². The summed E-state index contributed by atoms with van der Waals surface area (Å²) in [6.45, 7) is 4.35. The Morgan fingerprint density at radius 1 is 1.25 bits per heavy atom. The van der Waals surface area contributed by atoms with Crippen LogP contribution in [0.4, 0.5) is 17.1 Å². The summed E-state index contributed by atoms with van der Waals surface area (Å²) in [4.78, 5) is 4.67. The van der Waals surface area contributed by atoms with Crippen LogP contribution in [0, 0.1) is 5.92 Å². The van der Waals surface area contributed by atoms with Crippen molar-refractivity contribution in [1.29, 1.82) is 0 Å². The van der Waals surface area contributed by atoms with E-state index >= 15 is 0 Å². The molecule has 2 aliphatic rings. The number of hydrogen-bond donors (Lipinski definition) is 1. The Labute approximate surface area is 135 Å².